The van der Waals surface area contributed by atoms with Crippen molar-refractivity contribution in [3.8, 4) is 0 Å². The molecule has 0 aliphatic carbocycles. The van der Waals surface area contributed by atoms with Gasteiger partial charge in [-0.3, -0.25) is 11.5 Å². The Morgan fingerprint density at radius 1 is 1.17 bits per heavy atom. The smallest absolute Gasteiger partial charge is 0.312 e. The SMILES string of the molecule is NC1(N)OP(=O)(O)NP(=O)(O)O1. The summed E-state index contributed by atoms with van der Waals surface area (Å²) in [6.45, 7) is 0. The highest BCUT2D eigenvalue weighted by Gasteiger charge is 2.48. The van der Waals surface area contributed by atoms with E-state index < -0.39 is 21.5 Å². The average Bonchev–Trinajstić information content (AvgIpc) is 1.44. The molecule has 1 aliphatic heterocycles. The monoisotopic (exact) mass is 219 g/mol. The van der Waals surface area contributed by atoms with Crippen LogP contribution in [0, 0.1) is 0 Å². The molecule has 1 heterocycles. The molecule has 72 valence electrons. The molecule has 0 spiro atoms. The van der Waals surface area contributed by atoms with Gasteiger partial charge in [-0.25, -0.2) is 18.2 Å². The predicted octanol–water partition coefficient (Wildman–Crippen LogP) is -1.65. The minimum Gasteiger partial charge on any atom is -0.312 e. The normalized spacial score (nSPS) is 47.3. The van der Waals surface area contributed by atoms with E-state index in [4.69, 9.17) is 21.3 Å². The first kappa shape index (κ1) is 10.3. The van der Waals surface area contributed by atoms with Gasteiger partial charge in [0.2, 0.25) is 0 Å². The quantitative estimate of drug-likeness (QED) is 0.237. The van der Waals surface area contributed by atoms with Crippen LogP contribution in [0.5, 0.6) is 0 Å². The molecule has 0 radical (unpaired) electrons. The van der Waals surface area contributed by atoms with Crippen LogP contribution < -0.4 is 16.3 Å². The van der Waals surface area contributed by atoms with E-state index in [1.165, 1.54) is 4.86 Å². The Hall–Kier alpha value is 0.180. The molecule has 12 heavy (non-hydrogen) atoms. The summed E-state index contributed by atoms with van der Waals surface area (Å²) in [4.78, 5) is 18.7. The molecular weight excluding hydrogens is 212 g/mol. The third kappa shape index (κ3) is 2.60. The third-order valence-electron chi connectivity index (χ3n) is 0.786. The van der Waals surface area contributed by atoms with E-state index in [9.17, 15) is 9.13 Å². The lowest BCUT2D eigenvalue weighted by atomic mass is 11.0. The van der Waals surface area contributed by atoms with Crippen molar-refractivity contribution < 1.29 is 28.0 Å². The fourth-order valence-corrected chi connectivity index (χ4v) is 3.12. The van der Waals surface area contributed by atoms with Gasteiger partial charge in [0, 0.05) is 0 Å². The molecule has 0 amide bonds. The molecular formula is CH7N3O6P2. The van der Waals surface area contributed by atoms with Crippen LogP contribution in [-0.4, -0.2) is 15.8 Å². The highest BCUT2D eigenvalue weighted by atomic mass is 31.3. The second kappa shape index (κ2) is 2.58. The zero-order valence-corrected chi connectivity index (χ0v) is 7.37. The highest BCUT2D eigenvalue weighted by Crippen LogP contribution is 2.58. The standard InChI is InChI=1S/CH7N3O6P2/c2-1(3)9-11(5,6)4-12(7,8)10-1/h2-3H2,(H3,4,5,6,7,8). The molecule has 1 aliphatic rings. The van der Waals surface area contributed by atoms with Gasteiger partial charge in [-0.15, -0.1) is 4.86 Å². The van der Waals surface area contributed by atoms with E-state index in [-0.39, 0.29) is 0 Å². The fourth-order valence-electron chi connectivity index (χ4n) is 0.604. The Balaban J connectivity index is 2.96. The minimum absolute atomic E-state index is 1.31. The lowest BCUT2D eigenvalue weighted by Crippen LogP contribution is -2.56. The third-order valence-corrected chi connectivity index (χ3v) is 3.87. The van der Waals surface area contributed by atoms with Crippen LogP contribution >= 0.6 is 15.5 Å². The molecule has 2 atom stereocenters. The van der Waals surface area contributed by atoms with E-state index >= 15 is 0 Å². The van der Waals surface area contributed by atoms with Gasteiger partial charge in [0.05, 0.1) is 0 Å². The van der Waals surface area contributed by atoms with Crippen molar-refractivity contribution in [2.45, 2.75) is 6.03 Å². The van der Waals surface area contributed by atoms with Gasteiger partial charge in [0.25, 0.3) is 0 Å². The van der Waals surface area contributed by atoms with Crippen LogP contribution in [0.2, 0.25) is 0 Å². The van der Waals surface area contributed by atoms with E-state index in [0.29, 0.717) is 0 Å². The Morgan fingerprint density at radius 2 is 1.50 bits per heavy atom. The zero-order valence-electron chi connectivity index (χ0n) is 5.58. The summed E-state index contributed by atoms with van der Waals surface area (Å²) in [6.07, 6.45) is 0. The maximum Gasteiger partial charge on any atom is 0.416 e. The summed E-state index contributed by atoms with van der Waals surface area (Å²) in [5, 5.41) is 0. The number of nitrogens with two attached hydrogens (primary N) is 2. The molecule has 1 fully saturated rings. The number of nitrogens with one attached hydrogen (secondary N) is 1. The molecule has 11 heteroatoms. The second-order valence-corrected chi connectivity index (χ2v) is 5.29. The number of rotatable bonds is 0. The Morgan fingerprint density at radius 3 is 1.75 bits per heavy atom. The summed E-state index contributed by atoms with van der Waals surface area (Å²) < 4.78 is 29.4. The van der Waals surface area contributed by atoms with Gasteiger partial charge in [0.15, 0.2) is 0 Å². The van der Waals surface area contributed by atoms with Crippen LogP contribution in [0.25, 0.3) is 0 Å². The largest absolute Gasteiger partial charge is 0.416 e. The zero-order chi connectivity index (χ0) is 9.62. The van der Waals surface area contributed by atoms with Crippen LogP contribution in [-0.2, 0) is 18.2 Å². The average molecular weight is 219 g/mol. The van der Waals surface area contributed by atoms with Crippen LogP contribution in [0.3, 0.4) is 0 Å². The second-order valence-electron chi connectivity index (χ2n) is 2.04. The lowest BCUT2D eigenvalue weighted by molar-refractivity contribution is -0.124. The van der Waals surface area contributed by atoms with E-state index in [1.54, 1.807) is 0 Å². The van der Waals surface area contributed by atoms with Crippen molar-refractivity contribution in [1.29, 1.82) is 0 Å². The maximum absolute atomic E-state index is 10.7. The first-order valence-corrected chi connectivity index (χ1v) is 5.72. The summed E-state index contributed by atoms with van der Waals surface area (Å²) in [5.41, 5.74) is 9.72. The van der Waals surface area contributed by atoms with Crippen molar-refractivity contribution in [2.24, 2.45) is 11.5 Å². The van der Waals surface area contributed by atoms with Gasteiger partial charge in [-0.2, -0.15) is 0 Å². The molecule has 2 unspecified atom stereocenters. The lowest BCUT2D eigenvalue weighted by Gasteiger charge is -2.33. The van der Waals surface area contributed by atoms with Crippen molar-refractivity contribution in [1.82, 2.24) is 4.86 Å². The van der Waals surface area contributed by atoms with Gasteiger partial charge < -0.3 is 9.79 Å². The molecule has 0 saturated carbocycles. The molecule has 1 rings (SSSR count). The van der Waals surface area contributed by atoms with Gasteiger partial charge >= 0.3 is 21.5 Å². The topological polar surface area (TPSA) is 157 Å². The molecule has 1 saturated heterocycles. The van der Waals surface area contributed by atoms with Gasteiger partial charge in [0.1, 0.15) is 0 Å². The molecule has 0 aromatic heterocycles. The first-order chi connectivity index (χ1) is 5.12. The summed E-state index contributed by atoms with van der Waals surface area (Å²) >= 11 is 0. The number of hydrogen-bond donors (Lipinski definition) is 5. The predicted molar refractivity (Wildman–Crippen MR) is 36.1 cm³/mol. The van der Waals surface area contributed by atoms with Gasteiger partial charge in [-0.05, 0) is 0 Å². The van der Waals surface area contributed by atoms with Crippen LogP contribution in [0.4, 0.5) is 0 Å². The van der Waals surface area contributed by atoms with Crippen molar-refractivity contribution in [2.75, 3.05) is 0 Å². The fraction of sp³-hybridized carbons (Fsp3) is 1.00. The van der Waals surface area contributed by atoms with E-state index in [2.05, 4.69) is 9.05 Å². The maximum atomic E-state index is 10.7. The molecule has 0 aromatic rings. The Labute approximate surface area is 66.8 Å². The Bertz CT molecular complexity index is 261. The Kier molecular flexibility index (Phi) is 2.21. The number of hydrogen-bond acceptors (Lipinski definition) is 6. The van der Waals surface area contributed by atoms with Crippen LogP contribution in [0.15, 0.2) is 0 Å². The van der Waals surface area contributed by atoms with E-state index in [0.717, 1.165) is 0 Å². The van der Waals surface area contributed by atoms with E-state index in [1.807, 2.05) is 0 Å². The van der Waals surface area contributed by atoms with Crippen molar-refractivity contribution >= 4 is 15.5 Å². The molecule has 0 bridgehead atoms. The molecule has 0 aromatic carbocycles. The van der Waals surface area contributed by atoms with Crippen molar-refractivity contribution in [3.05, 3.63) is 0 Å². The minimum atomic E-state index is -4.47. The summed E-state index contributed by atoms with van der Waals surface area (Å²) in [5.74, 6) is 0. The highest BCUT2D eigenvalue weighted by molar-refractivity contribution is 7.67. The summed E-state index contributed by atoms with van der Waals surface area (Å²) in [6, 6.07) is -2.54. The molecule has 7 N–H and O–H groups in total. The van der Waals surface area contributed by atoms with Crippen LogP contribution in [0.1, 0.15) is 0 Å². The first-order valence-electron chi connectivity index (χ1n) is 2.56. The summed E-state index contributed by atoms with van der Waals surface area (Å²) in [7, 11) is -8.94. The molecule has 9 nitrogen and oxygen atoms in total. The van der Waals surface area contributed by atoms with Gasteiger partial charge in [-0.1, -0.05) is 0 Å². The van der Waals surface area contributed by atoms with Crippen molar-refractivity contribution in [3.63, 3.8) is 0 Å².